The van der Waals surface area contributed by atoms with Crippen molar-refractivity contribution in [2.75, 3.05) is 12.1 Å². The SMILES string of the molecule is CC(C(=O)Nc1ccc(F)c(C(F)(F)F)c1)n1nc(-c2ccc3c(c2)OCO3)ccc1=O. The summed E-state index contributed by atoms with van der Waals surface area (Å²) in [7, 11) is 0. The Morgan fingerprint density at radius 1 is 1.09 bits per heavy atom. The highest BCUT2D eigenvalue weighted by Crippen LogP contribution is 2.35. The second-order valence-electron chi connectivity index (χ2n) is 6.93. The lowest BCUT2D eigenvalue weighted by atomic mass is 10.1. The number of fused-ring (bicyclic) bond motifs is 1. The molecule has 1 amide bonds. The molecule has 11 heteroatoms. The summed E-state index contributed by atoms with van der Waals surface area (Å²) in [5.74, 6) is -1.20. The predicted molar refractivity (Wildman–Crippen MR) is 105 cm³/mol. The van der Waals surface area contributed by atoms with Crippen LogP contribution >= 0.6 is 0 Å². The number of halogens is 4. The van der Waals surface area contributed by atoms with E-state index in [-0.39, 0.29) is 12.5 Å². The van der Waals surface area contributed by atoms with Crippen molar-refractivity contribution in [2.45, 2.75) is 19.1 Å². The number of rotatable bonds is 4. The van der Waals surface area contributed by atoms with Gasteiger partial charge >= 0.3 is 6.18 Å². The number of aromatic nitrogens is 2. The van der Waals surface area contributed by atoms with Crippen LogP contribution in [0.25, 0.3) is 11.3 Å². The Morgan fingerprint density at radius 3 is 2.59 bits per heavy atom. The summed E-state index contributed by atoms with van der Waals surface area (Å²) >= 11 is 0. The molecule has 0 spiro atoms. The van der Waals surface area contributed by atoms with E-state index in [1.165, 1.54) is 19.1 Å². The molecule has 0 radical (unpaired) electrons. The lowest BCUT2D eigenvalue weighted by molar-refractivity contribution is -0.140. The van der Waals surface area contributed by atoms with Crippen LogP contribution in [-0.2, 0) is 11.0 Å². The molecule has 0 aliphatic carbocycles. The molecule has 1 aliphatic heterocycles. The fourth-order valence-corrected chi connectivity index (χ4v) is 3.09. The van der Waals surface area contributed by atoms with Crippen molar-refractivity contribution < 1.29 is 31.8 Å². The number of carbonyl (C=O) groups excluding carboxylic acids is 1. The Hall–Kier alpha value is -3.89. The number of ether oxygens (including phenoxy) is 2. The second-order valence-corrected chi connectivity index (χ2v) is 6.93. The number of hydrogen-bond donors (Lipinski definition) is 1. The van der Waals surface area contributed by atoms with Gasteiger partial charge in [0.25, 0.3) is 5.56 Å². The van der Waals surface area contributed by atoms with Gasteiger partial charge in [0.15, 0.2) is 11.5 Å². The largest absolute Gasteiger partial charge is 0.454 e. The standard InChI is InChI=1S/C21H15F4N3O4/c1-11(20(30)26-13-3-4-15(22)14(9-13)21(23,24)25)28-19(29)7-5-16(27-28)12-2-6-17-18(8-12)32-10-31-17/h2-9,11H,10H2,1H3,(H,26,30). The summed E-state index contributed by atoms with van der Waals surface area (Å²) in [6.45, 7) is 1.45. The van der Waals surface area contributed by atoms with Crippen LogP contribution in [0.1, 0.15) is 18.5 Å². The normalized spacial score (nSPS) is 13.7. The molecule has 32 heavy (non-hydrogen) atoms. The van der Waals surface area contributed by atoms with Crippen molar-refractivity contribution in [2.24, 2.45) is 0 Å². The second kappa shape index (κ2) is 7.98. The molecule has 1 atom stereocenters. The van der Waals surface area contributed by atoms with E-state index < -0.39 is 35.1 Å². The Morgan fingerprint density at radius 2 is 1.84 bits per heavy atom. The van der Waals surface area contributed by atoms with Gasteiger partial charge in [0.2, 0.25) is 12.7 Å². The average molecular weight is 449 g/mol. The zero-order valence-corrected chi connectivity index (χ0v) is 16.4. The van der Waals surface area contributed by atoms with E-state index in [1.54, 1.807) is 18.2 Å². The number of amides is 1. The van der Waals surface area contributed by atoms with Crippen molar-refractivity contribution in [1.82, 2.24) is 9.78 Å². The van der Waals surface area contributed by atoms with Crippen LogP contribution in [0, 0.1) is 5.82 Å². The number of benzene rings is 2. The van der Waals surface area contributed by atoms with Gasteiger partial charge < -0.3 is 14.8 Å². The number of alkyl halides is 3. The predicted octanol–water partition coefficient (Wildman–Crippen LogP) is 4.00. The first-order chi connectivity index (χ1) is 15.1. The molecular weight excluding hydrogens is 434 g/mol. The van der Waals surface area contributed by atoms with Crippen LogP contribution in [0.4, 0.5) is 23.2 Å². The molecule has 4 rings (SSSR count). The van der Waals surface area contributed by atoms with Gasteiger partial charge in [0.05, 0.1) is 11.3 Å². The minimum Gasteiger partial charge on any atom is -0.454 e. The molecule has 2 heterocycles. The molecule has 0 fully saturated rings. The zero-order valence-electron chi connectivity index (χ0n) is 16.4. The number of nitrogens with one attached hydrogen (secondary N) is 1. The fraction of sp³-hybridized carbons (Fsp3) is 0.190. The molecule has 0 bridgehead atoms. The van der Waals surface area contributed by atoms with E-state index in [1.807, 2.05) is 0 Å². The third-order valence-electron chi connectivity index (χ3n) is 4.78. The minimum absolute atomic E-state index is 0.0857. The van der Waals surface area contributed by atoms with Gasteiger partial charge in [-0.1, -0.05) is 0 Å². The molecule has 1 aromatic heterocycles. The molecule has 7 nitrogen and oxygen atoms in total. The topological polar surface area (TPSA) is 82.5 Å². The van der Waals surface area contributed by atoms with E-state index in [9.17, 15) is 27.2 Å². The maximum absolute atomic E-state index is 13.5. The molecule has 166 valence electrons. The zero-order chi connectivity index (χ0) is 23.0. The first-order valence-electron chi connectivity index (χ1n) is 9.31. The highest BCUT2D eigenvalue weighted by Gasteiger charge is 2.34. The number of carbonyl (C=O) groups is 1. The highest BCUT2D eigenvalue weighted by atomic mass is 19.4. The van der Waals surface area contributed by atoms with Crippen molar-refractivity contribution in [3.05, 3.63) is 70.3 Å². The summed E-state index contributed by atoms with van der Waals surface area (Å²) in [4.78, 5) is 24.9. The lowest BCUT2D eigenvalue weighted by Crippen LogP contribution is -2.33. The smallest absolute Gasteiger partial charge is 0.419 e. The van der Waals surface area contributed by atoms with Crippen LogP contribution in [0.3, 0.4) is 0 Å². The summed E-state index contributed by atoms with van der Waals surface area (Å²) in [5, 5.41) is 6.47. The van der Waals surface area contributed by atoms with E-state index >= 15 is 0 Å². The molecular formula is C21H15F4N3O4. The van der Waals surface area contributed by atoms with Gasteiger partial charge in [-0.2, -0.15) is 18.3 Å². The Kier molecular flexibility index (Phi) is 5.33. The Balaban J connectivity index is 1.59. The third kappa shape index (κ3) is 4.13. The summed E-state index contributed by atoms with van der Waals surface area (Å²) in [6, 6.07) is 8.65. The summed E-state index contributed by atoms with van der Waals surface area (Å²) in [5.41, 5.74) is -1.40. The highest BCUT2D eigenvalue weighted by molar-refractivity contribution is 5.93. The molecule has 3 aromatic rings. The number of nitrogens with zero attached hydrogens (tertiary/aromatic N) is 2. The molecule has 0 saturated heterocycles. The van der Waals surface area contributed by atoms with Gasteiger partial charge in [-0.25, -0.2) is 9.07 Å². The molecule has 1 unspecified atom stereocenters. The van der Waals surface area contributed by atoms with Gasteiger partial charge in [-0.15, -0.1) is 0 Å². The van der Waals surface area contributed by atoms with Crippen molar-refractivity contribution >= 4 is 11.6 Å². The molecule has 1 N–H and O–H groups in total. The molecule has 0 saturated carbocycles. The van der Waals surface area contributed by atoms with E-state index in [0.717, 1.165) is 10.7 Å². The van der Waals surface area contributed by atoms with Crippen LogP contribution in [0.2, 0.25) is 0 Å². The van der Waals surface area contributed by atoms with Crippen LogP contribution in [0.15, 0.2) is 53.3 Å². The van der Waals surface area contributed by atoms with Crippen LogP contribution in [0.5, 0.6) is 11.5 Å². The van der Waals surface area contributed by atoms with Crippen molar-refractivity contribution in [3.8, 4) is 22.8 Å². The van der Waals surface area contributed by atoms with E-state index in [0.29, 0.717) is 34.9 Å². The third-order valence-corrected chi connectivity index (χ3v) is 4.78. The maximum Gasteiger partial charge on any atom is 0.419 e. The van der Waals surface area contributed by atoms with Gasteiger partial charge in [-0.3, -0.25) is 9.59 Å². The Labute approximate surface area is 178 Å². The average Bonchev–Trinajstić information content (AvgIpc) is 3.22. The monoisotopic (exact) mass is 449 g/mol. The first kappa shape index (κ1) is 21.3. The first-order valence-corrected chi connectivity index (χ1v) is 9.31. The Bertz CT molecular complexity index is 1260. The van der Waals surface area contributed by atoms with Crippen LogP contribution in [-0.4, -0.2) is 22.5 Å². The maximum atomic E-state index is 13.5. The number of hydrogen-bond acceptors (Lipinski definition) is 5. The summed E-state index contributed by atoms with van der Waals surface area (Å²) in [6.07, 6.45) is -4.92. The van der Waals surface area contributed by atoms with Gasteiger partial charge in [0, 0.05) is 17.3 Å². The van der Waals surface area contributed by atoms with Gasteiger partial charge in [0.1, 0.15) is 11.9 Å². The molecule has 1 aliphatic rings. The minimum atomic E-state index is -4.92. The van der Waals surface area contributed by atoms with E-state index in [2.05, 4.69) is 10.4 Å². The van der Waals surface area contributed by atoms with Crippen molar-refractivity contribution in [3.63, 3.8) is 0 Å². The van der Waals surface area contributed by atoms with Crippen LogP contribution < -0.4 is 20.3 Å². The van der Waals surface area contributed by atoms with Gasteiger partial charge in [-0.05, 0) is 49.4 Å². The van der Waals surface area contributed by atoms with Crippen molar-refractivity contribution in [1.29, 1.82) is 0 Å². The van der Waals surface area contributed by atoms with E-state index in [4.69, 9.17) is 9.47 Å². The lowest BCUT2D eigenvalue weighted by Gasteiger charge is -2.16. The molecule has 2 aromatic carbocycles. The quantitative estimate of drug-likeness (QED) is 0.609. The summed E-state index contributed by atoms with van der Waals surface area (Å²) < 4.78 is 63.7. The number of anilines is 1. The fourth-order valence-electron chi connectivity index (χ4n) is 3.09.